The lowest BCUT2D eigenvalue weighted by Crippen LogP contribution is -2.43. The number of nitrogens with two attached hydrogens (primary N) is 1. The first-order chi connectivity index (χ1) is 9.11. The van der Waals surface area contributed by atoms with Crippen molar-refractivity contribution >= 4 is 23.2 Å². The molecular formula is C14H18ClN3O. The molecule has 0 aromatic heterocycles. The lowest BCUT2D eigenvalue weighted by molar-refractivity contribution is 0.100. The van der Waals surface area contributed by atoms with Crippen molar-refractivity contribution in [3.05, 3.63) is 28.8 Å². The molecule has 19 heavy (non-hydrogen) atoms. The number of halogens is 1. The SMILES string of the molecule is NC(=O)c1ccc(NC2CC3CCC(C2)N3)c(Cl)c1. The molecule has 2 bridgehead atoms. The Morgan fingerprint density at radius 3 is 2.58 bits per heavy atom. The number of fused-ring (bicyclic) bond motifs is 2. The minimum atomic E-state index is -0.451. The second-order valence-electron chi connectivity index (χ2n) is 5.51. The summed E-state index contributed by atoms with van der Waals surface area (Å²) >= 11 is 6.20. The highest BCUT2D eigenvalue weighted by molar-refractivity contribution is 6.33. The topological polar surface area (TPSA) is 67.2 Å². The lowest BCUT2D eigenvalue weighted by atomic mass is 9.99. The van der Waals surface area contributed by atoms with E-state index in [4.69, 9.17) is 17.3 Å². The summed E-state index contributed by atoms with van der Waals surface area (Å²) in [5, 5.41) is 7.66. The minimum absolute atomic E-state index is 0.445. The van der Waals surface area contributed by atoms with Crippen LogP contribution in [0.2, 0.25) is 5.02 Å². The van der Waals surface area contributed by atoms with Crippen LogP contribution in [0.25, 0.3) is 0 Å². The second kappa shape index (κ2) is 5.02. The molecule has 4 N–H and O–H groups in total. The van der Waals surface area contributed by atoms with Gasteiger partial charge in [0.1, 0.15) is 0 Å². The zero-order chi connectivity index (χ0) is 13.4. The number of benzene rings is 1. The van der Waals surface area contributed by atoms with Crippen LogP contribution in [-0.4, -0.2) is 24.0 Å². The summed E-state index contributed by atoms with van der Waals surface area (Å²) < 4.78 is 0. The van der Waals surface area contributed by atoms with E-state index in [0.29, 0.717) is 28.7 Å². The van der Waals surface area contributed by atoms with Gasteiger partial charge in [-0.05, 0) is 43.9 Å². The summed E-state index contributed by atoms with van der Waals surface area (Å²) in [5.41, 5.74) is 6.57. The van der Waals surface area contributed by atoms with Crippen LogP contribution in [-0.2, 0) is 0 Å². The van der Waals surface area contributed by atoms with Crippen molar-refractivity contribution < 1.29 is 4.79 Å². The summed E-state index contributed by atoms with van der Waals surface area (Å²) in [6, 6.07) is 6.91. The summed E-state index contributed by atoms with van der Waals surface area (Å²) in [6.45, 7) is 0. The van der Waals surface area contributed by atoms with E-state index in [1.807, 2.05) is 6.07 Å². The average Bonchev–Trinajstić information content (AvgIpc) is 2.71. The first kappa shape index (κ1) is 12.8. The smallest absolute Gasteiger partial charge is 0.248 e. The molecule has 2 aliphatic rings. The molecule has 1 aromatic rings. The molecule has 0 aliphatic carbocycles. The Kier molecular flexibility index (Phi) is 3.37. The van der Waals surface area contributed by atoms with E-state index in [1.165, 1.54) is 12.8 Å². The molecule has 1 amide bonds. The van der Waals surface area contributed by atoms with Gasteiger partial charge in [0.05, 0.1) is 10.7 Å². The van der Waals surface area contributed by atoms with Gasteiger partial charge in [0.2, 0.25) is 5.91 Å². The van der Waals surface area contributed by atoms with Crippen molar-refractivity contribution in [1.29, 1.82) is 0 Å². The van der Waals surface area contributed by atoms with E-state index < -0.39 is 5.91 Å². The zero-order valence-corrected chi connectivity index (χ0v) is 11.4. The van der Waals surface area contributed by atoms with E-state index in [1.54, 1.807) is 12.1 Å². The standard InChI is InChI=1S/C14H18ClN3O/c15-12-5-8(14(16)19)1-4-13(12)18-11-6-9-2-3-10(7-11)17-9/h1,4-5,9-11,17-18H,2-3,6-7H2,(H2,16,19). The number of piperidine rings is 1. The summed E-state index contributed by atoms with van der Waals surface area (Å²) in [4.78, 5) is 11.1. The number of hydrogen-bond acceptors (Lipinski definition) is 3. The Balaban J connectivity index is 1.71. The fraction of sp³-hybridized carbons (Fsp3) is 0.500. The van der Waals surface area contributed by atoms with Gasteiger partial charge in [-0.1, -0.05) is 11.6 Å². The Labute approximate surface area is 117 Å². The predicted octanol–water partition coefficient (Wildman–Crippen LogP) is 2.13. The highest BCUT2D eigenvalue weighted by atomic mass is 35.5. The van der Waals surface area contributed by atoms with Crippen molar-refractivity contribution in [2.24, 2.45) is 5.73 Å². The van der Waals surface area contributed by atoms with Crippen LogP contribution in [0.1, 0.15) is 36.0 Å². The third kappa shape index (κ3) is 2.69. The third-order valence-electron chi connectivity index (χ3n) is 4.09. The fourth-order valence-corrected chi connectivity index (χ4v) is 3.42. The predicted molar refractivity (Wildman–Crippen MR) is 76.6 cm³/mol. The van der Waals surface area contributed by atoms with Crippen LogP contribution < -0.4 is 16.4 Å². The van der Waals surface area contributed by atoms with Gasteiger partial charge in [-0.15, -0.1) is 0 Å². The maximum atomic E-state index is 11.1. The zero-order valence-electron chi connectivity index (χ0n) is 10.7. The van der Waals surface area contributed by atoms with Gasteiger partial charge in [0, 0.05) is 23.7 Å². The normalized spacial score (nSPS) is 29.2. The van der Waals surface area contributed by atoms with E-state index in [0.717, 1.165) is 18.5 Å². The Morgan fingerprint density at radius 1 is 1.32 bits per heavy atom. The molecule has 102 valence electrons. The van der Waals surface area contributed by atoms with Gasteiger partial charge < -0.3 is 16.4 Å². The van der Waals surface area contributed by atoms with E-state index in [9.17, 15) is 4.79 Å². The van der Waals surface area contributed by atoms with Gasteiger partial charge in [-0.2, -0.15) is 0 Å². The highest BCUT2D eigenvalue weighted by Gasteiger charge is 2.33. The second-order valence-corrected chi connectivity index (χ2v) is 5.92. The first-order valence-corrected chi connectivity index (χ1v) is 7.11. The third-order valence-corrected chi connectivity index (χ3v) is 4.40. The largest absolute Gasteiger partial charge is 0.381 e. The number of primary amides is 1. The first-order valence-electron chi connectivity index (χ1n) is 6.74. The molecule has 5 heteroatoms. The molecule has 2 saturated heterocycles. The van der Waals surface area contributed by atoms with E-state index in [2.05, 4.69) is 10.6 Å². The molecule has 3 rings (SSSR count). The summed E-state index contributed by atoms with van der Waals surface area (Å²) in [7, 11) is 0. The van der Waals surface area contributed by atoms with Gasteiger partial charge >= 0.3 is 0 Å². The maximum Gasteiger partial charge on any atom is 0.248 e. The van der Waals surface area contributed by atoms with E-state index in [-0.39, 0.29) is 0 Å². The average molecular weight is 280 g/mol. The molecule has 0 saturated carbocycles. The van der Waals surface area contributed by atoms with Crippen LogP contribution in [0, 0.1) is 0 Å². The molecular weight excluding hydrogens is 262 g/mol. The lowest BCUT2D eigenvalue weighted by Gasteiger charge is -2.30. The minimum Gasteiger partial charge on any atom is -0.381 e. The van der Waals surface area contributed by atoms with Gasteiger partial charge in [-0.25, -0.2) is 0 Å². The molecule has 2 heterocycles. The Bertz CT molecular complexity index is 493. The van der Waals surface area contributed by atoms with Crippen LogP contribution in [0.4, 0.5) is 5.69 Å². The molecule has 2 aliphatic heterocycles. The number of carbonyl (C=O) groups excluding carboxylic acids is 1. The number of nitrogens with one attached hydrogen (secondary N) is 2. The molecule has 2 fully saturated rings. The molecule has 2 atom stereocenters. The van der Waals surface area contributed by atoms with Crippen LogP contribution in [0.5, 0.6) is 0 Å². The molecule has 1 aromatic carbocycles. The summed E-state index contributed by atoms with van der Waals surface area (Å²) in [6.07, 6.45) is 4.81. The molecule has 2 unspecified atom stereocenters. The van der Waals surface area contributed by atoms with Crippen LogP contribution in [0.3, 0.4) is 0 Å². The quantitative estimate of drug-likeness (QED) is 0.794. The van der Waals surface area contributed by atoms with Crippen molar-refractivity contribution in [3.8, 4) is 0 Å². The molecule has 4 nitrogen and oxygen atoms in total. The van der Waals surface area contributed by atoms with Crippen molar-refractivity contribution in [2.45, 2.75) is 43.8 Å². The Morgan fingerprint density at radius 2 is 2.00 bits per heavy atom. The van der Waals surface area contributed by atoms with Crippen molar-refractivity contribution in [3.63, 3.8) is 0 Å². The van der Waals surface area contributed by atoms with Gasteiger partial charge in [-0.3, -0.25) is 4.79 Å². The maximum absolute atomic E-state index is 11.1. The van der Waals surface area contributed by atoms with Crippen LogP contribution in [0.15, 0.2) is 18.2 Å². The molecule has 0 spiro atoms. The van der Waals surface area contributed by atoms with Crippen LogP contribution >= 0.6 is 11.6 Å². The number of anilines is 1. The number of amides is 1. The summed E-state index contributed by atoms with van der Waals surface area (Å²) in [5.74, 6) is -0.451. The Hall–Kier alpha value is -1.26. The number of rotatable bonds is 3. The monoisotopic (exact) mass is 279 g/mol. The fourth-order valence-electron chi connectivity index (χ4n) is 3.18. The van der Waals surface area contributed by atoms with E-state index >= 15 is 0 Å². The van der Waals surface area contributed by atoms with Gasteiger partial charge in [0.15, 0.2) is 0 Å². The van der Waals surface area contributed by atoms with Gasteiger partial charge in [0.25, 0.3) is 0 Å². The number of carbonyl (C=O) groups is 1. The number of hydrogen-bond donors (Lipinski definition) is 3. The van der Waals surface area contributed by atoms with Crippen molar-refractivity contribution in [2.75, 3.05) is 5.32 Å². The highest BCUT2D eigenvalue weighted by Crippen LogP contribution is 2.31. The molecule has 0 radical (unpaired) electrons. The van der Waals surface area contributed by atoms with Crippen molar-refractivity contribution in [1.82, 2.24) is 5.32 Å².